The fourth-order valence-corrected chi connectivity index (χ4v) is 3.55. The largest absolute Gasteiger partial charge is 0.358 e. The Labute approximate surface area is 148 Å². The Morgan fingerprint density at radius 1 is 1.20 bits per heavy atom. The lowest BCUT2D eigenvalue weighted by Gasteiger charge is -2.25. The van der Waals surface area contributed by atoms with Gasteiger partial charge in [0.25, 0.3) is 0 Å². The summed E-state index contributed by atoms with van der Waals surface area (Å²) in [7, 11) is 2.13. The van der Waals surface area contributed by atoms with Gasteiger partial charge >= 0.3 is 0 Å². The molecule has 2 aromatic rings. The van der Waals surface area contributed by atoms with E-state index in [-0.39, 0.29) is 0 Å². The quantitative estimate of drug-likeness (QED) is 0.750. The number of hydrogen-bond donors (Lipinski definition) is 3. The van der Waals surface area contributed by atoms with Gasteiger partial charge in [0.05, 0.1) is 5.69 Å². The Balaban J connectivity index is 1.72. The first kappa shape index (κ1) is 16.4. The number of pyridine rings is 1. The van der Waals surface area contributed by atoms with Crippen molar-refractivity contribution in [2.24, 2.45) is 0 Å². The summed E-state index contributed by atoms with van der Waals surface area (Å²) in [6.45, 7) is 3.89. The molecule has 4 heterocycles. The van der Waals surface area contributed by atoms with E-state index in [0.717, 1.165) is 62.6 Å². The van der Waals surface area contributed by atoms with Crippen LogP contribution in [-0.2, 0) is 12.8 Å². The van der Waals surface area contributed by atoms with Gasteiger partial charge in [-0.15, -0.1) is 0 Å². The van der Waals surface area contributed by atoms with Crippen molar-refractivity contribution in [1.29, 1.82) is 0 Å². The number of hydrogen-bond acceptors (Lipinski definition) is 7. The van der Waals surface area contributed by atoms with Crippen LogP contribution in [-0.4, -0.2) is 54.2 Å². The molecule has 132 valence electrons. The van der Waals surface area contributed by atoms with Crippen molar-refractivity contribution in [3.63, 3.8) is 0 Å². The third-order valence-corrected chi connectivity index (χ3v) is 4.86. The summed E-state index contributed by atoms with van der Waals surface area (Å²) in [5.74, 6) is 1.83. The Hall–Kier alpha value is -2.09. The van der Waals surface area contributed by atoms with Gasteiger partial charge in [0.2, 0.25) is 0 Å². The highest BCUT2D eigenvalue weighted by atomic mass is 15.4. The molecule has 0 spiro atoms. The molecule has 2 aliphatic heterocycles. The molecule has 4 rings (SSSR count). The van der Waals surface area contributed by atoms with Crippen LogP contribution in [0.3, 0.4) is 0 Å². The lowest BCUT2D eigenvalue weighted by atomic mass is 10.1. The minimum Gasteiger partial charge on any atom is -0.358 e. The third kappa shape index (κ3) is 3.63. The zero-order chi connectivity index (χ0) is 17.1. The molecule has 1 atom stereocenters. The number of aromatic nitrogens is 3. The second kappa shape index (κ2) is 7.43. The Morgan fingerprint density at radius 2 is 2.12 bits per heavy atom. The van der Waals surface area contributed by atoms with Gasteiger partial charge in [-0.05, 0) is 31.5 Å². The van der Waals surface area contributed by atoms with Crippen LogP contribution in [0.2, 0.25) is 0 Å². The van der Waals surface area contributed by atoms with Gasteiger partial charge in [0, 0.05) is 62.7 Å². The Kier molecular flexibility index (Phi) is 4.87. The summed E-state index contributed by atoms with van der Waals surface area (Å²) in [5, 5.41) is 3.47. The average Bonchev–Trinajstić information content (AvgIpc) is 3.04. The number of rotatable bonds is 4. The smallest absolute Gasteiger partial charge is 0.163 e. The van der Waals surface area contributed by atoms with Crippen molar-refractivity contribution >= 4 is 5.82 Å². The maximum atomic E-state index is 4.94. The molecule has 0 aliphatic carbocycles. The fourth-order valence-electron chi connectivity index (χ4n) is 3.55. The first-order chi connectivity index (χ1) is 12.3. The minimum absolute atomic E-state index is 0.446. The number of anilines is 1. The molecule has 0 amide bonds. The minimum atomic E-state index is 0.446. The van der Waals surface area contributed by atoms with Crippen LogP contribution in [0.25, 0.3) is 11.4 Å². The molecule has 1 fully saturated rings. The zero-order valence-corrected chi connectivity index (χ0v) is 14.6. The maximum Gasteiger partial charge on any atom is 0.163 e. The van der Waals surface area contributed by atoms with E-state index in [4.69, 9.17) is 9.97 Å². The van der Waals surface area contributed by atoms with Crippen LogP contribution in [0.15, 0.2) is 24.5 Å². The lowest BCUT2D eigenvalue weighted by molar-refractivity contribution is 0.550. The molecular weight excluding hydrogens is 314 g/mol. The van der Waals surface area contributed by atoms with Gasteiger partial charge in [-0.2, -0.15) is 0 Å². The van der Waals surface area contributed by atoms with Gasteiger partial charge in [-0.3, -0.25) is 15.8 Å². The van der Waals surface area contributed by atoms with Crippen LogP contribution in [0.5, 0.6) is 0 Å². The van der Waals surface area contributed by atoms with E-state index in [1.807, 2.05) is 18.3 Å². The fraction of sp³-hybridized carbons (Fsp3) is 0.500. The molecular formula is C18H25N7. The standard InChI is InChI=1S/C18H25N7/c1-25(12-14-4-10-21-24-14)18-15-5-8-19-9-6-16(15)22-17(23-18)13-3-2-7-20-11-13/h2-3,7,11,14,19,21,24H,4-6,8-10,12H2,1H3. The number of hydrazine groups is 1. The monoisotopic (exact) mass is 339 g/mol. The van der Waals surface area contributed by atoms with Gasteiger partial charge in [-0.1, -0.05) is 0 Å². The topological polar surface area (TPSA) is 78.0 Å². The molecule has 25 heavy (non-hydrogen) atoms. The van der Waals surface area contributed by atoms with Gasteiger partial charge in [0.1, 0.15) is 5.82 Å². The highest BCUT2D eigenvalue weighted by Gasteiger charge is 2.22. The zero-order valence-electron chi connectivity index (χ0n) is 14.6. The molecule has 3 N–H and O–H groups in total. The van der Waals surface area contributed by atoms with Crippen molar-refractivity contribution in [2.45, 2.75) is 25.3 Å². The number of nitrogens with one attached hydrogen (secondary N) is 3. The average molecular weight is 339 g/mol. The van der Waals surface area contributed by atoms with Crippen molar-refractivity contribution < 1.29 is 0 Å². The van der Waals surface area contributed by atoms with E-state index in [2.05, 4.69) is 33.1 Å². The summed E-state index contributed by atoms with van der Waals surface area (Å²) in [4.78, 5) is 16.3. The molecule has 0 bridgehead atoms. The van der Waals surface area contributed by atoms with E-state index in [1.165, 1.54) is 11.3 Å². The molecule has 0 radical (unpaired) electrons. The van der Waals surface area contributed by atoms with Gasteiger partial charge in [0.15, 0.2) is 5.82 Å². The van der Waals surface area contributed by atoms with Gasteiger partial charge < -0.3 is 10.2 Å². The first-order valence-corrected chi connectivity index (χ1v) is 9.01. The highest BCUT2D eigenvalue weighted by Crippen LogP contribution is 2.26. The third-order valence-electron chi connectivity index (χ3n) is 4.86. The molecule has 2 aliphatic rings. The molecule has 1 unspecified atom stereocenters. The summed E-state index contributed by atoms with van der Waals surface area (Å²) in [5.41, 5.74) is 9.97. The molecule has 0 saturated carbocycles. The molecule has 2 aromatic heterocycles. The highest BCUT2D eigenvalue weighted by molar-refractivity contribution is 5.60. The van der Waals surface area contributed by atoms with E-state index in [0.29, 0.717) is 6.04 Å². The van der Waals surface area contributed by atoms with Crippen molar-refractivity contribution in [2.75, 3.05) is 38.1 Å². The van der Waals surface area contributed by atoms with Crippen LogP contribution >= 0.6 is 0 Å². The van der Waals surface area contributed by atoms with Crippen molar-refractivity contribution in [3.8, 4) is 11.4 Å². The Bertz CT molecular complexity index is 713. The molecule has 7 nitrogen and oxygen atoms in total. The Morgan fingerprint density at radius 3 is 2.92 bits per heavy atom. The van der Waals surface area contributed by atoms with Crippen LogP contribution < -0.4 is 21.1 Å². The summed E-state index contributed by atoms with van der Waals surface area (Å²) < 4.78 is 0. The normalized spacial score (nSPS) is 20.1. The predicted octanol–water partition coefficient (Wildman–Crippen LogP) is 0.530. The molecule has 1 saturated heterocycles. The van der Waals surface area contributed by atoms with Crippen LogP contribution in [0.1, 0.15) is 17.7 Å². The van der Waals surface area contributed by atoms with Crippen molar-refractivity contribution in [1.82, 2.24) is 31.1 Å². The second-order valence-corrected chi connectivity index (χ2v) is 6.73. The first-order valence-electron chi connectivity index (χ1n) is 9.01. The van der Waals surface area contributed by atoms with E-state index < -0.39 is 0 Å². The summed E-state index contributed by atoms with van der Waals surface area (Å²) >= 11 is 0. The molecule has 0 aromatic carbocycles. The van der Waals surface area contributed by atoms with E-state index >= 15 is 0 Å². The number of nitrogens with zero attached hydrogens (tertiary/aromatic N) is 4. The lowest BCUT2D eigenvalue weighted by Crippen LogP contribution is -2.39. The second-order valence-electron chi connectivity index (χ2n) is 6.73. The predicted molar refractivity (Wildman–Crippen MR) is 98.4 cm³/mol. The van der Waals surface area contributed by atoms with Crippen LogP contribution in [0.4, 0.5) is 5.82 Å². The van der Waals surface area contributed by atoms with Gasteiger partial charge in [-0.25, -0.2) is 9.97 Å². The van der Waals surface area contributed by atoms with E-state index in [1.54, 1.807) is 6.20 Å². The summed E-state index contributed by atoms with van der Waals surface area (Å²) in [6.07, 6.45) is 6.66. The van der Waals surface area contributed by atoms with Crippen LogP contribution in [0, 0.1) is 0 Å². The summed E-state index contributed by atoms with van der Waals surface area (Å²) in [6, 6.07) is 4.40. The number of fused-ring (bicyclic) bond motifs is 1. The maximum absolute atomic E-state index is 4.94. The SMILES string of the molecule is CN(CC1CCNN1)c1nc(-c2cccnc2)nc2c1CCNCC2. The molecule has 7 heteroatoms. The van der Waals surface area contributed by atoms with Crippen molar-refractivity contribution in [3.05, 3.63) is 35.8 Å². The van der Waals surface area contributed by atoms with E-state index in [9.17, 15) is 0 Å². The number of likely N-dealkylation sites (N-methyl/N-ethyl adjacent to an activating group) is 1.